The Labute approximate surface area is 139 Å². The summed E-state index contributed by atoms with van der Waals surface area (Å²) in [6.45, 7) is 0. The van der Waals surface area contributed by atoms with E-state index in [1.54, 1.807) is 30.3 Å². The van der Waals surface area contributed by atoms with Gasteiger partial charge in [-0.15, -0.1) is 0 Å². The van der Waals surface area contributed by atoms with Crippen LogP contribution in [0.25, 0.3) is 0 Å². The molecule has 1 aliphatic carbocycles. The number of benzene rings is 2. The molecule has 0 spiro atoms. The van der Waals surface area contributed by atoms with Crippen molar-refractivity contribution in [3.63, 3.8) is 0 Å². The molecule has 0 aliphatic heterocycles. The van der Waals surface area contributed by atoms with Crippen LogP contribution < -0.4 is 5.32 Å². The topological polar surface area (TPSA) is 73.1 Å². The minimum Gasteiger partial charge on any atom is -0.378 e. The van der Waals surface area contributed by atoms with Crippen LogP contribution in [0.2, 0.25) is 5.02 Å². The Kier molecular flexibility index (Phi) is 4.33. The number of amides is 1. The SMILES string of the molecule is N#Cc1cccc2c1CC[C@H]2NC(=O)C(O)c1ccc(Cl)cc1. The molecular weight excluding hydrogens is 312 g/mol. The fraction of sp³-hybridized carbons (Fsp3) is 0.222. The van der Waals surface area contributed by atoms with E-state index in [0.717, 1.165) is 24.0 Å². The number of nitrogens with one attached hydrogen (secondary N) is 1. The number of aliphatic hydroxyl groups is 1. The van der Waals surface area contributed by atoms with Crippen LogP contribution in [-0.2, 0) is 11.2 Å². The van der Waals surface area contributed by atoms with E-state index in [1.165, 1.54) is 0 Å². The largest absolute Gasteiger partial charge is 0.378 e. The summed E-state index contributed by atoms with van der Waals surface area (Å²) in [6, 6.07) is 14.1. The van der Waals surface area contributed by atoms with Gasteiger partial charge in [-0.25, -0.2) is 0 Å². The van der Waals surface area contributed by atoms with E-state index in [-0.39, 0.29) is 6.04 Å². The average molecular weight is 327 g/mol. The lowest BCUT2D eigenvalue weighted by molar-refractivity contribution is -0.130. The predicted octanol–water partition coefficient (Wildman–Crippen LogP) is 3.05. The van der Waals surface area contributed by atoms with Crippen molar-refractivity contribution in [1.82, 2.24) is 5.32 Å². The molecule has 5 heteroatoms. The summed E-state index contributed by atoms with van der Waals surface area (Å²) in [5.41, 5.74) is 3.09. The molecule has 0 heterocycles. The summed E-state index contributed by atoms with van der Waals surface area (Å²) < 4.78 is 0. The molecule has 23 heavy (non-hydrogen) atoms. The fourth-order valence-corrected chi connectivity index (χ4v) is 3.08. The third-order valence-electron chi connectivity index (χ3n) is 4.14. The monoisotopic (exact) mass is 326 g/mol. The highest BCUT2D eigenvalue weighted by molar-refractivity contribution is 6.30. The minimum absolute atomic E-state index is 0.173. The predicted molar refractivity (Wildman–Crippen MR) is 86.8 cm³/mol. The maximum absolute atomic E-state index is 12.3. The van der Waals surface area contributed by atoms with Crippen molar-refractivity contribution in [3.8, 4) is 6.07 Å². The zero-order valence-electron chi connectivity index (χ0n) is 12.3. The van der Waals surface area contributed by atoms with E-state index in [1.807, 2.05) is 12.1 Å². The lowest BCUT2D eigenvalue weighted by Crippen LogP contribution is -2.32. The zero-order chi connectivity index (χ0) is 16.4. The van der Waals surface area contributed by atoms with Crippen LogP contribution >= 0.6 is 11.6 Å². The Balaban J connectivity index is 1.75. The molecule has 116 valence electrons. The number of nitrogens with zero attached hydrogens (tertiary/aromatic N) is 1. The van der Waals surface area contributed by atoms with Crippen LogP contribution in [0.1, 0.15) is 40.8 Å². The van der Waals surface area contributed by atoms with Crippen molar-refractivity contribution >= 4 is 17.5 Å². The van der Waals surface area contributed by atoms with Gasteiger partial charge in [0.25, 0.3) is 5.91 Å². The number of carbonyl (C=O) groups is 1. The smallest absolute Gasteiger partial charge is 0.253 e. The van der Waals surface area contributed by atoms with Crippen LogP contribution in [0.3, 0.4) is 0 Å². The molecule has 4 nitrogen and oxygen atoms in total. The second-order valence-corrected chi connectivity index (χ2v) is 5.98. The molecular formula is C18H15ClN2O2. The van der Waals surface area contributed by atoms with E-state index in [0.29, 0.717) is 16.1 Å². The van der Waals surface area contributed by atoms with Gasteiger partial charge in [0.15, 0.2) is 6.10 Å². The summed E-state index contributed by atoms with van der Waals surface area (Å²) >= 11 is 5.81. The second-order valence-electron chi connectivity index (χ2n) is 5.54. The maximum atomic E-state index is 12.3. The van der Waals surface area contributed by atoms with E-state index in [4.69, 9.17) is 16.9 Å². The van der Waals surface area contributed by atoms with Crippen LogP contribution in [-0.4, -0.2) is 11.0 Å². The molecule has 2 atom stereocenters. The van der Waals surface area contributed by atoms with Crippen molar-refractivity contribution in [2.45, 2.75) is 25.0 Å². The Morgan fingerprint density at radius 1 is 1.30 bits per heavy atom. The third-order valence-corrected chi connectivity index (χ3v) is 4.39. The first-order valence-electron chi connectivity index (χ1n) is 7.36. The summed E-state index contributed by atoms with van der Waals surface area (Å²) in [6.07, 6.45) is 0.240. The quantitative estimate of drug-likeness (QED) is 0.910. The normalized spacial score (nSPS) is 17.2. The molecule has 0 fully saturated rings. The van der Waals surface area contributed by atoms with Crippen molar-refractivity contribution in [1.29, 1.82) is 5.26 Å². The molecule has 3 rings (SSSR count). The van der Waals surface area contributed by atoms with Crippen molar-refractivity contribution in [2.75, 3.05) is 0 Å². The van der Waals surface area contributed by atoms with Gasteiger partial charge in [0, 0.05) is 5.02 Å². The summed E-state index contributed by atoms with van der Waals surface area (Å²) in [7, 11) is 0. The van der Waals surface area contributed by atoms with E-state index in [2.05, 4.69) is 11.4 Å². The third kappa shape index (κ3) is 3.07. The average Bonchev–Trinajstić information content (AvgIpc) is 2.98. The molecule has 2 aromatic rings. The minimum atomic E-state index is -1.24. The first-order valence-corrected chi connectivity index (χ1v) is 7.73. The molecule has 0 bridgehead atoms. The zero-order valence-corrected chi connectivity index (χ0v) is 13.0. The molecule has 1 aliphatic rings. The van der Waals surface area contributed by atoms with E-state index < -0.39 is 12.0 Å². The van der Waals surface area contributed by atoms with Gasteiger partial charge in [-0.2, -0.15) is 5.26 Å². The van der Waals surface area contributed by atoms with Gasteiger partial charge in [0.2, 0.25) is 0 Å². The molecule has 0 saturated heterocycles. The summed E-state index contributed by atoms with van der Waals surface area (Å²) in [4.78, 5) is 12.3. The molecule has 1 amide bonds. The number of hydrogen-bond acceptors (Lipinski definition) is 3. The highest BCUT2D eigenvalue weighted by Gasteiger charge is 2.28. The van der Waals surface area contributed by atoms with Crippen LogP contribution in [0.4, 0.5) is 0 Å². The van der Waals surface area contributed by atoms with Gasteiger partial charge in [-0.05, 0) is 47.7 Å². The van der Waals surface area contributed by atoms with Crippen LogP contribution in [0.15, 0.2) is 42.5 Å². The number of hydrogen-bond donors (Lipinski definition) is 2. The Bertz CT molecular complexity index is 781. The molecule has 1 unspecified atom stereocenters. The lowest BCUT2D eigenvalue weighted by atomic mass is 10.0. The molecule has 0 saturated carbocycles. The van der Waals surface area contributed by atoms with Gasteiger partial charge in [0.05, 0.1) is 17.7 Å². The molecule has 2 aromatic carbocycles. The number of aliphatic hydroxyl groups excluding tert-OH is 1. The second kappa shape index (κ2) is 6.41. The number of halogens is 1. The fourth-order valence-electron chi connectivity index (χ4n) is 2.96. The van der Waals surface area contributed by atoms with Crippen LogP contribution in [0.5, 0.6) is 0 Å². The van der Waals surface area contributed by atoms with Gasteiger partial charge < -0.3 is 10.4 Å². The van der Waals surface area contributed by atoms with E-state index in [9.17, 15) is 9.90 Å². The highest BCUT2D eigenvalue weighted by Crippen LogP contribution is 2.33. The standard InChI is InChI=1S/C18H15ClN2O2/c19-13-6-4-11(5-7-13)17(22)18(23)21-16-9-8-14-12(10-20)2-1-3-15(14)16/h1-7,16-17,22H,8-9H2,(H,21,23)/t16-,17?/m1/s1. The molecule has 2 N–H and O–H groups in total. The van der Waals surface area contributed by atoms with Gasteiger partial charge in [-0.3, -0.25) is 4.79 Å². The Morgan fingerprint density at radius 2 is 2.04 bits per heavy atom. The van der Waals surface area contributed by atoms with Crippen molar-refractivity contribution < 1.29 is 9.90 Å². The van der Waals surface area contributed by atoms with Gasteiger partial charge >= 0.3 is 0 Å². The summed E-state index contributed by atoms with van der Waals surface area (Å²) in [5.74, 6) is -0.451. The van der Waals surface area contributed by atoms with Gasteiger partial charge in [-0.1, -0.05) is 35.9 Å². The van der Waals surface area contributed by atoms with Crippen LogP contribution in [0, 0.1) is 11.3 Å². The number of nitriles is 1. The first kappa shape index (κ1) is 15.5. The highest BCUT2D eigenvalue weighted by atomic mass is 35.5. The number of rotatable bonds is 3. The number of fused-ring (bicyclic) bond motifs is 1. The maximum Gasteiger partial charge on any atom is 0.253 e. The van der Waals surface area contributed by atoms with Crippen molar-refractivity contribution in [3.05, 3.63) is 69.7 Å². The van der Waals surface area contributed by atoms with Gasteiger partial charge in [0.1, 0.15) is 0 Å². The lowest BCUT2D eigenvalue weighted by Gasteiger charge is -2.17. The molecule has 0 radical (unpaired) electrons. The van der Waals surface area contributed by atoms with E-state index >= 15 is 0 Å². The Hall–Kier alpha value is -2.35. The number of carbonyl (C=O) groups excluding carboxylic acids is 1. The first-order chi connectivity index (χ1) is 11.1. The molecule has 0 aromatic heterocycles. The summed E-state index contributed by atoms with van der Waals surface area (Å²) in [5, 5.41) is 22.7. The Morgan fingerprint density at radius 3 is 2.74 bits per heavy atom. The van der Waals surface area contributed by atoms with Crippen molar-refractivity contribution in [2.24, 2.45) is 0 Å².